The molecule has 4 aromatic rings. The largest absolute Gasteiger partial charge is 0.437 e. The van der Waals surface area contributed by atoms with Crippen LogP contribution in [0.4, 0.5) is 0 Å². The second-order valence-electron chi connectivity index (χ2n) is 6.32. The summed E-state index contributed by atoms with van der Waals surface area (Å²) in [5.41, 5.74) is 0.936. The van der Waals surface area contributed by atoms with Crippen molar-refractivity contribution in [1.82, 2.24) is 19.7 Å². The molecule has 0 radical (unpaired) electrons. The summed E-state index contributed by atoms with van der Waals surface area (Å²) in [4.78, 5) is 31.7. The normalized spacial score (nSPS) is 12.4. The Hall–Kier alpha value is -2.78. The molecule has 0 saturated carbocycles. The van der Waals surface area contributed by atoms with Gasteiger partial charge in [0, 0.05) is 13.5 Å². The number of hydrogen-bond donors (Lipinski definition) is 0. The minimum atomic E-state index is -0.557. The van der Waals surface area contributed by atoms with Gasteiger partial charge >= 0.3 is 5.76 Å². The van der Waals surface area contributed by atoms with Crippen LogP contribution in [-0.4, -0.2) is 32.6 Å². The molecule has 0 aliphatic rings. The lowest BCUT2D eigenvalue weighted by atomic mass is 10.2. The minimum absolute atomic E-state index is 0.0840. The summed E-state index contributed by atoms with van der Waals surface area (Å²) in [6, 6.07) is 11.5. The van der Waals surface area contributed by atoms with Gasteiger partial charge < -0.3 is 9.32 Å². The Kier molecular flexibility index (Phi) is 5.10. The molecule has 0 fully saturated rings. The highest BCUT2D eigenvalue weighted by Crippen LogP contribution is 2.29. The number of thiophene rings is 1. The van der Waals surface area contributed by atoms with Gasteiger partial charge in [-0.15, -0.1) is 27.8 Å². The summed E-state index contributed by atoms with van der Waals surface area (Å²) in [7, 11) is 1.75. The quantitative estimate of drug-likeness (QED) is 0.480. The molecule has 144 valence electrons. The van der Waals surface area contributed by atoms with Crippen LogP contribution in [-0.2, 0) is 11.3 Å². The summed E-state index contributed by atoms with van der Waals surface area (Å²) >= 11 is 3.02. The smallest absolute Gasteiger partial charge is 0.387 e. The maximum atomic E-state index is 12.6. The first-order valence-corrected chi connectivity index (χ1v) is 10.5. The van der Waals surface area contributed by atoms with Gasteiger partial charge in [-0.25, -0.2) is 9.78 Å². The van der Waals surface area contributed by atoms with Crippen LogP contribution in [0.25, 0.3) is 21.0 Å². The van der Waals surface area contributed by atoms with Crippen LogP contribution < -0.4 is 5.76 Å². The van der Waals surface area contributed by atoms with Gasteiger partial charge in [-0.05, 0) is 30.5 Å². The van der Waals surface area contributed by atoms with E-state index in [9.17, 15) is 9.59 Å². The standard InChI is InChI=1S/C19H18N4O3S2/c1-12(18-20-13-6-3-4-7-14(13)28-18)22(2)16(24)9-10-23-19(25)26-17(21-23)15-8-5-11-27-15/h3-8,11-12H,9-10H2,1-2H3/t12-/m1/s1. The Balaban J connectivity index is 1.42. The summed E-state index contributed by atoms with van der Waals surface area (Å²) in [6.45, 7) is 2.12. The van der Waals surface area contributed by atoms with E-state index in [0.29, 0.717) is 0 Å². The molecule has 3 aromatic heterocycles. The maximum Gasteiger partial charge on any atom is 0.437 e. The SMILES string of the molecule is C[C@H](c1nc2ccccc2s1)N(C)C(=O)CCn1nc(-c2cccs2)oc1=O. The van der Waals surface area contributed by atoms with Crippen molar-refractivity contribution in [1.29, 1.82) is 0 Å². The Labute approximate surface area is 168 Å². The average Bonchev–Trinajstić information content (AvgIpc) is 3.43. The number of thiazole rings is 1. The molecule has 0 N–H and O–H groups in total. The van der Waals surface area contributed by atoms with Crippen molar-refractivity contribution in [3.8, 4) is 10.8 Å². The van der Waals surface area contributed by atoms with Crippen LogP contribution in [0.2, 0.25) is 0 Å². The molecule has 7 nitrogen and oxygen atoms in total. The molecule has 0 saturated heterocycles. The predicted octanol–water partition coefficient (Wildman–Crippen LogP) is 3.78. The lowest BCUT2D eigenvalue weighted by molar-refractivity contribution is -0.132. The van der Waals surface area contributed by atoms with Gasteiger partial charge in [-0.2, -0.15) is 4.68 Å². The number of benzene rings is 1. The van der Waals surface area contributed by atoms with E-state index in [4.69, 9.17) is 4.42 Å². The van der Waals surface area contributed by atoms with Crippen molar-refractivity contribution in [2.75, 3.05) is 7.05 Å². The van der Waals surface area contributed by atoms with Crippen LogP contribution in [0, 0.1) is 0 Å². The van der Waals surface area contributed by atoms with Crippen molar-refractivity contribution in [3.63, 3.8) is 0 Å². The highest BCUT2D eigenvalue weighted by atomic mass is 32.1. The number of aromatic nitrogens is 3. The van der Waals surface area contributed by atoms with E-state index in [1.807, 2.05) is 48.7 Å². The second kappa shape index (κ2) is 7.69. The molecule has 0 aliphatic heterocycles. The highest BCUT2D eigenvalue weighted by Gasteiger charge is 2.21. The molecule has 0 spiro atoms. The zero-order valence-electron chi connectivity index (χ0n) is 15.4. The molecular formula is C19H18N4O3S2. The second-order valence-corrected chi connectivity index (χ2v) is 8.33. The Morgan fingerprint density at radius 1 is 1.29 bits per heavy atom. The molecule has 0 aliphatic carbocycles. The number of amides is 1. The van der Waals surface area contributed by atoms with Gasteiger partial charge in [0.2, 0.25) is 5.91 Å². The van der Waals surface area contributed by atoms with E-state index in [1.165, 1.54) is 16.0 Å². The molecule has 4 rings (SSSR count). The van der Waals surface area contributed by atoms with Crippen LogP contribution in [0.1, 0.15) is 24.4 Å². The van der Waals surface area contributed by atoms with Gasteiger partial charge in [0.25, 0.3) is 5.89 Å². The van der Waals surface area contributed by atoms with E-state index in [1.54, 1.807) is 23.3 Å². The van der Waals surface area contributed by atoms with Gasteiger partial charge in [0.15, 0.2) is 0 Å². The monoisotopic (exact) mass is 414 g/mol. The summed E-state index contributed by atoms with van der Waals surface area (Å²) in [5, 5.41) is 6.95. The number of aryl methyl sites for hydroxylation is 1. The zero-order valence-corrected chi connectivity index (χ0v) is 17.0. The predicted molar refractivity (Wildman–Crippen MR) is 109 cm³/mol. The van der Waals surface area contributed by atoms with Crippen molar-refractivity contribution in [3.05, 3.63) is 57.3 Å². The van der Waals surface area contributed by atoms with E-state index in [2.05, 4.69) is 10.1 Å². The molecule has 1 atom stereocenters. The summed E-state index contributed by atoms with van der Waals surface area (Å²) in [5.74, 6) is -0.360. The molecule has 3 heterocycles. The van der Waals surface area contributed by atoms with Crippen molar-refractivity contribution in [2.24, 2.45) is 0 Å². The van der Waals surface area contributed by atoms with Gasteiger partial charge in [-0.3, -0.25) is 4.79 Å². The number of para-hydroxylation sites is 1. The minimum Gasteiger partial charge on any atom is -0.387 e. The molecular weight excluding hydrogens is 396 g/mol. The van der Waals surface area contributed by atoms with Crippen molar-refractivity contribution >= 4 is 38.8 Å². The fourth-order valence-electron chi connectivity index (χ4n) is 2.78. The van der Waals surface area contributed by atoms with Gasteiger partial charge in [-0.1, -0.05) is 18.2 Å². The van der Waals surface area contributed by atoms with Crippen LogP contribution in [0.3, 0.4) is 0 Å². The third kappa shape index (κ3) is 3.63. The first kappa shape index (κ1) is 18.6. The fourth-order valence-corrected chi connectivity index (χ4v) is 4.48. The number of nitrogens with zero attached hydrogens (tertiary/aromatic N) is 4. The van der Waals surface area contributed by atoms with Crippen LogP contribution in [0.5, 0.6) is 0 Å². The molecule has 0 unspecified atom stereocenters. The van der Waals surface area contributed by atoms with Crippen LogP contribution >= 0.6 is 22.7 Å². The van der Waals surface area contributed by atoms with Crippen molar-refractivity contribution in [2.45, 2.75) is 25.9 Å². The van der Waals surface area contributed by atoms with Gasteiger partial charge in [0.05, 0.1) is 27.7 Å². The number of rotatable bonds is 6. The van der Waals surface area contributed by atoms with E-state index >= 15 is 0 Å². The topological polar surface area (TPSA) is 81.2 Å². The maximum absolute atomic E-state index is 12.6. The van der Waals surface area contributed by atoms with E-state index in [-0.39, 0.29) is 30.8 Å². The first-order valence-electron chi connectivity index (χ1n) is 8.76. The Bertz CT molecular complexity index is 1130. The first-order chi connectivity index (χ1) is 13.5. The number of carbonyl (C=O) groups excluding carboxylic acids is 1. The lowest BCUT2D eigenvalue weighted by Crippen LogP contribution is -2.31. The average molecular weight is 415 g/mol. The van der Waals surface area contributed by atoms with E-state index in [0.717, 1.165) is 20.1 Å². The summed E-state index contributed by atoms with van der Waals surface area (Å²) in [6.07, 6.45) is 0.155. The Morgan fingerprint density at radius 3 is 2.86 bits per heavy atom. The number of fused-ring (bicyclic) bond motifs is 1. The molecule has 28 heavy (non-hydrogen) atoms. The van der Waals surface area contributed by atoms with E-state index < -0.39 is 5.76 Å². The molecule has 1 aromatic carbocycles. The molecule has 1 amide bonds. The highest BCUT2D eigenvalue weighted by molar-refractivity contribution is 7.18. The zero-order chi connectivity index (χ0) is 19.7. The van der Waals surface area contributed by atoms with Gasteiger partial charge in [0.1, 0.15) is 5.01 Å². The third-order valence-corrected chi connectivity index (χ3v) is 6.58. The third-order valence-electron chi connectivity index (χ3n) is 4.52. The van der Waals surface area contributed by atoms with Crippen molar-refractivity contribution < 1.29 is 9.21 Å². The fraction of sp³-hybridized carbons (Fsp3) is 0.263. The lowest BCUT2D eigenvalue weighted by Gasteiger charge is -2.23. The Morgan fingerprint density at radius 2 is 2.11 bits per heavy atom. The number of carbonyl (C=O) groups is 1. The van der Waals surface area contributed by atoms with Crippen LogP contribution in [0.15, 0.2) is 51.0 Å². The molecule has 0 bridgehead atoms. The molecule has 9 heteroatoms. The number of hydrogen-bond acceptors (Lipinski definition) is 7. The summed E-state index contributed by atoms with van der Waals surface area (Å²) < 4.78 is 7.47.